The highest BCUT2D eigenvalue weighted by Gasteiger charge is 2.24. The fourth-order valence-electron chi connectivity index (χ4n) is 3.58. The van der Waals surface area contributed by atoms with E-state index in [2.05, 4.69) is 43.1 Å². The van der Waals surface area contributed by atoms with Crippen molar-refractivity contribution < 1.29 is 4.79 Å². The average molecular weight is 410 g/mol. The minimum Gasteiger partial charge on any atom is -0.341 e. The van der Waals surface area contributed by atoms with E-state index in [9.17, 15) is 4.79 Å². The largest absolute Gasteiger partial charge is 0.341 e. The number of carbonyl (C=O) groups excluding carboxylic acids is 1. The Bertz CT molecular complexity index is 1130. The van der Waals surface area contributed by atoms with Crippen LogP contribution in [0.1, 0.15) is 54.9 Å². The second-order valence-electron chi connectivity index (χ2n) is 8.33. The maximum absolute atomic E-state index is 13.1. The van der Waals surface area contributed by atoms with Gasteiger partial charge in [-0.05, 0) is 37.0 Å². The number of hydrogen-bond acceptors (Lipinski definition) is 4. The SMILES string of the molecule is Cc1nn(CC(C)C)c2sc(C(=O)N[C@@H](c3nc4ccccc4[nH]3)C(C)C)cc12. The molecule has 1 aromatic carbocycles. The molecule has 3 aromatic heterocycles. The van der Waals surface area contributed by atoms with E-state index in [4.69, 9.17) is 4.98 Å². The molecule has 1 amide bonds. The van der Waals surface area contributed by atoms with Gasteiger partial charge in [0.2, 0.25) is 0 Å². The number of rotatable bonds is 6. The number of carbonyl (C=O) groups is 1. The van der Waals surface area contributed by atoms with Crippen LogP contribution in [-0.4, -0.2) is 25.7 Å². The van der Waals surface area contributed by atoms with Crippen LogP contribution in [0, 0.1) is 18.8 Å². The van der Waals surface area contributed by atoms with E-state index in [0.29, 0.717) is 10.8 Å². The molecule has 3 heterocycles. The monoisotopic (exact) mass is 409 g/mol. The molecule has 0 radical (unpaired) electrons. The van der Waals surface area contributed by atoms with Gasteiger partial charge in [-0.2, -0.15) is 5.10 Å². The van der Waals surface area contributed by atoms with Crippen molar-refractivity contribution in [2.24, 2.45) is 11.8 Å². The van der Waals surface area contributed by atoms with E-state index >= 15 is 0 Å². The summed E-state index contributed by atoms with van der Waals surface area (Å²) in [6.45, 7) is 11.4. The lowest BCUT2D eigenvalue weighted by Crippen LogP contribution is -2.32. The second-order valence-corrected chi connectivity index (χ2v) is 9.36. The lowest BCUT2D eigenvalue weighted by atomic mass is 10.0. The smallest absolute Gasteiger partial charge is 0.262 e. The molecule has 0 saturated carbocycles. The first-order chi connectivity index (χ1) is 13.8. The van der Waals surface area contributed by atoms with Crippen LogP contribution in [0.25, 0.3) is 21.3 Å². The molecule has 152 valence electrons. The molecule has 0 aliphatic heterocycles. The van der Waals surface area contributed by atoms with Gasteiger partial charge < -0.3 is 10.3 Å². The van der Waals surface area contributed by atoms with Crippen molar-refractivity contribution in [2.45, 2.75) is 47.2 Å². The Morgan fingerprint density at radius 3 is 2.69 bits per heavy atom. The number of nitrogens with zero attached hydrogens (tertiary/aromatic N) is 3. The van der Waals surface area contributed by atoms with E-state index in [-0.39, 0.29) is 17.9 Å². The number of amides is 1. The molecule has 0 bridgehead atoms. The molecule has 1 atom stereocenters. The topological polar surface area (TPSA) is 75.6 Å². The summed E-state index contributed by atoms with van der Waals surface area (Å²) in [5.74, 6) is 1.42. The summed E-state index contributed by atoms with van der Waals surface area (Å²) in [6.07, 6.45) is 0. The maximum Gasteiger partial charge on any atom is 0.262 e. The fraction of sp³-hybridized carbons (Fsp3) is 0.409. The van der Waals surface area contributed by atoms with Gasteiger partial charge in [0.15, 0.2) is 0 Å². The summed E-state index contributed by atoms with van der Waals surface area (Å²) in [4.78, 5) is 22.9. The minimum atomic E-state index is -0.187. The van der Waals surface area contributed by atoms with Gasteiger partial charge in [-0.1, -0.05) is 39.8 Å². The Morgan fingerprint density at radius 1 is 1.24 bits per heavy atom. The molecule has 6 nitrogen and oxygen atoms in total. The van der Waals surface area contributed by atoms with Crippen molar-refractivity contribution in [1.82, 2.24) is 25.1 Å². The average Bonchev–Trinajstić information content (AvgIpc) is 3.34. The summed E-state index contributed by atoms with van der Waals surface area (Å²) in [5.41, 5.74) is 2.86. The molecule has 0 aliphatic rings. The third-order valence-electron chi connectivity index (χ3n) is 5.02. The molecular formula is C22H27N5OS. The van der Waals surface area contributed by atoms with Crippen molar-refractivity contribution >= 4 is 38.5 Å². The summed E-state index contributed by atoms with van der Waals surface area (Å²) >= 11 is 1.51. The van der Waals surface area contributed by atoms with Gasteiger partial charge >= 0.3 is 0 Å². The van der Waals surface area contributed by atoms with Crippen LogP contribution in [-0.2, 0) is 6.54 Å². The van der Waals surface area contributed by atoms with E-state index in [1.54, 1.807) is 0 Å². The molecule has 0 spiro atoms. The Kier molecular flexibility index (Phi) is 5.17. The molecule has 7 heteroatoms. The highest BCUT2D eigenvalue weighted by Crippen LogP contribution is 2.30. The summed E-state index contributed by atoms with van der Waals surface area (Å²) in [5, 5.41) is 8.88. The Hall–Kier alpha value is -2.67. The van der Waals surface area contributed by atoms with Crippen LogP contribution in [0.4, 0.5) is 0 Å². The highest BCUT2D eigenvalue weighted by molar-refractivity contribution is 7.20. The minimum absolute atomic E-state index is 0.0687. The van der Waals surface area contributed by atoms with E-state index in [1.807, 2.05) is 41.9 Å². The lowest BCUT2D eigenvalue weighted by Gasteiger charge is -2.20. The third-order valence-corrected chi connectivity index (χ3v) is 6.17. The van der Waals surface area contributed by atoms with Crippen LogP contribution in [0.15, 0.2) is 30.3 Å². The van der Waals surface area contributed by atoms with Gasteiger partial charge in [-0.3, -0.25) is 9.48 Å². The molecule has 29 heavy (non-hydrogen) atoms. The maximum atomic E-state index is 13.1. The van der Waals surface area contributed by atoms with Crippen LogP contribution >= 0.6 is 11.3 Å². The third kappa shape index (κ3) is 3.79. The number of benzene rings is 1. The molecule has 0 unspecified atom stereocenters. The number of aromatic nitrogens is 4. The van der Waals surface area contributed by atoms with Crippen LogP contribution in [0.2, 0.25) is 0 Å². The summed E-state index contributed by atoms with van der Waals surface area (Å²) in [6, 6.07) is 9.70. The van der Waals surface area contributed by atoms with Gasteiger partial charge in [0.1, 0.15) is 10.7 Å². The van der Waals surface area contributed by atoms with Crippen molar-refractivity contribution in [3.05, 3.63) is 46.7 Å². The van der Waals surface area contributed by atoms with E-state index in [0.717, 1.165) is 39.3 Å². The van der Waals surface area contributed by atoms with Crippen LogP contribution in [0.3, 0.4) is 0 Å². The van der Waals surface area contributed by atoms with Gasteiger partial charge in [-0.25, -0.2) is 4.98 Å². The van der Waals surface area contributed by atoms with Crippen molar-refractivity contribution in [2.75, 3.05) is 0 Å². The van der Waals surface area contributed by atoms with E-state index in [1.165, 1.54) is 11.3 Å². The van der Waals surface area contributed by atoms with E-state index < -0.39 is 0 Å². The Balaban J connectivity index is 1.62. The molecule has 4 rings (SSSR count). The Labute approximate surface area is 174 Å². The number of H-pyrrole nitrogens is 1. The van der Waals surface area contributed by atoms with Gasteiger partial charge in [0, 0.05) is 11.9 Å². The second kappa shape index (κ2) is 7.63. The number of aromatic amines is 1. The fourth-order valence-corrected chi connectivity index (χ4v) is 4.65. The van der Waals surface area contributed by atoms with Crippen molar-refractivity contribution in [3.63, 3.8) is 0 Å². The number of thiophene rings is 1. The molecular weight excluding hydrogens is 382 g/mol. The van der Waals surface area contributed by atoms with Crippen LogP contribution < -0.4 is 5.32 Å². The van der Waals surface area contributed by atoms with Crippen LogP contribution in [0.5, 0.6) is 0 Å². The number of para-hydroxylation sites is 2. The first-order valence-electron chi connectivity index (χ1n) is 10.1. The van der Waals surface area contributed by atoms with Gasteiger partial charge in [0.25, 0.3) is 5.91 Å². The molecule has 0 fully saturated rings. The number of imidazole rings is 1. The van der Waals surface area contributed by atoms with Gasteiger partial charge in [-0.15, -0.1) is 11.3 Å². The van der Waals surface area contributed by atoms with Gasteiger partial charge in [0.05, 0.1) is 27.6 Å². The first kappa shape index (κ1) is 19.6. The first-order valence-corrected chi connectivity index (χ1v) is 10.9. The molecule has 2 N–H and O–H groups in total. The predicted molar refractivity (Wildman–Crippen MR) is 118 cm³/mol. The van der Waals surface area contributed by atoms with Crippen molar-refractivity contribution in [3.8, 4) is 0 Å². The molecule has 0 aliphatic carbocycles. The van der Waals surface area contributed by atoms with Crippen molar-refractivity contribution in [1.29, 1.82) is 0 Å². The zero-order valence-corrected chi connectivity index (χ0v) is 18.3. The number of nitrogens with one attached hydrogen (secondary N) is 2. The molecule has 4 aromatic rings. The number of fused-ring (bicyclic) bond motifs is 2. The number of hydrogen-bond donors (Lipinski definition) is 2. The standard InChI is InChI=1S/C22H27N5OS/c1-12(2)11-27-22-15(14(5)26-27)10-18(29-22)21(28)25-19(13(3)4)20-23-16-8-6-7-9-17(16)24-20/h6-10,12-13,19H,11H2,1-5H3,(H,23,24)(H,25,28)/t19-/m1/s1. The normalized spacial score (nSPS) is 13.1. The summed E-state index contributed by atoms with van der Waals surface area (Å²) in [7, 11) is 0. The Morgan fingerprint density at radius 2 is 2.00 bits per heavy atom. The number of aryl methyl sites for hydroxylation is 1. The molecule has 0 saturated heterocycles. The summed E-state index contributed by atoms with van der Waals surface area (Å²) < 4.78 is 2.02. The lowest BCUT2D eigenvalue weighted by molar-refractivity contribution is 0.0927. The highest BCUT2D eigenvalue weighted by atomic mass is 32.1. The quantitative estimate of drug-likeness (QED) is 0.467. The predicted octanol–water partition coefficient (Wildman–Crippen LogP) is 5.07. The zero-order valence-electron chi connectivity index (χ0n) is 17.5. The zero-order chi connectivity index (χ0) is 20.7.